The normalized spacial score (nSPS) is 14.7. The van der Waals surface area contributed by atoms with Crippen LogP contribution < -0.4 is 5.32 Å². The van der Waals surface area contributed by atoms with Crippen molar-refractivity contribution < 1.29 is 9.53 Å². The molecule has 2 N–H and O–H groups in total. The standard InChI is InChI=1S/C25H31N3O2/c1-3-28(4-2)24(29)16-18-14-20-17-22(19-8-6-5-7-9-19)27-25(20)23(15-18)26-21-10-12-30-13-11-21/h5-9,14-15,17,21,26-27H,3-4,10-13,16H2,1-2H3. The number of hydrogen-bond donors (Lipinski definition) is 2. The summed E-state index contributed by atoms with van der Waals surface area (Å²) in [6.07, 6.45) is 2.42. The first kappa shape index (κ1) is 20.5. The van der Waals surface area contributed by atoms with E-state index in [2.05, 4.69) is 52.8 Å². The smallest absolute Gasteiger partial charge is 0.226 e. The number of aromatic nitrogens is 1. The van der Waals surface area contributed by atoms with Crippen LogP contribution in [0.2, 0.25) is 0 Å². The van der Waals surface area contributed by atoms with Crippen molar-refractivity contribution in [2.75, 3.05) is 31.6 Å². The summed E-state index contributed by atoms with van der Waals surface area (Å²) in [5, 5.41) is 4.86. The van der Waals surface area contributed by atoms with Crippen molar-refractivity contribution in [3.63, 3.8) is 0 Å². The molecule has 0 saturated carbocycles. The summed E-state index contributed by atoms with van der Waals surface area (Å²) in [4.78, 5) is 18.2. The van der Waals surface area contributed by atoms with Crippen LogP contribution in [-0.4, -0.2) is 48.1 Å². The second-order valence-corrected chi connectivity index (χ2v) is 7.93. The molecule has 1 aromatic heterocycles. The molecular weight excluding hydrogens is 374 g/mol. The number of amides is 1. The Morgan fingerprint density at radius 1 is 1.10 bits per heavy atom. The molecule has 4 rings (SSSR count). The number of rotatable bonds is 7. The molecule has 0 aliphatic carbocycles. The molecule has 1 fully saturated rings. The molecule has 0 spiro atoms. The minimum atomic E-state index is 0.176. The van der Waals surface area contributed by atoms with Crippen LogP contribution in [0.5, 0.6) is 0 Å². The van der Waals surface area contributed by atoms with E-state index in [1.807, 2.05) is 24.8 Å². The molecule has 1 saturated heterocycles. The molecule has 2 aromatic carbocycles. The Morgan fingerprint density at radius 3 is 2.53 bits per heavy atom. The van der Waals surface area contributed by atoms with Gasteiger partial charge in [0.05, 0.1) is 17.6 Å². The largest absolute Gasteiger partial charge is 0.381 e. The van der Waals surface area contributed by atoms with Gasteiger partial charge in [-0.1, -0.05) is 30.3 Å². The van der Waals surface area contributed by atoms with Gasteiger partial charge in [-0.3, -0.25) is 4.79 Å². The van der Waals surface area contributed by atoms with Crippen LogP contribution in [0.15, 0.2) is 48.5 Å². The van der Waals surface area contributed by atoms with Crippen molar-refractivity contribution in [3.8, 4) is 11.3 Å². The Hall–Kier alpha value is -2.79. The summed E-state index contributed by atoms with van der Waals surface area (Å²) >= 11 is 0. The Morgan fingerprint density at radius 2 is 1.83 bits per heavy atom. The maximum Gasteiger partial charge on any atom is 0.226 e. The minimum absolute atomic E-state index is 0.176. The second-order valence-electron chi connectivity index (χ2n) is 7.93. The molecule has 0 bridgehead atoms. The molecule has 1 aliphatic rings. The zero-order valence-corrected chi connectivity index (χ0v) is 17.9. The fraction of sp³-hybridized carbons (Fsp3) is 0.400. The number of carbonyl (C=O) groups is 1. The number of fused-ring (bicyclic) bond motifs is 1. The third-order valence-corrected chi connectivity index (χ3v) is 5.93. The number of nitrogens with one attached hydrogen (secondary N) is 2. The van der Waals surface area contributed by atoms with Gasteiger partial charge in [0.25, 0.3) is 0 Å². The van der Waals surface area contributed by atoms with E-state index in [1.165, 1.54) is 0 Å². The van der Waals surface area contributed by atoms with Crippen LogP contribution in [0.25, 0.3) is 22.2 Å². The molecule has 3 aromatic rings. The summed E-state index contributed by atoms with van der Waals surface area (Å²) in [6.45, 7) is 7.13. The van der Waals surface area contributed by atoms with E-state index in [1.54, 1.807) is 0 Å². The molecule has 0 radical (unpaired) electrons. The van der Waals surface area contributed by atoms with Gasteiger partial charge in [-0.2, -0.15) is 0 Å². The van der Waals surface area contributed by atoms with E-state index in [9.17, 15) is 4.79 Å². The summed E-state index contributed by atoms with van der Waals surface area (Å²) in [6, 6.07) is 17.2. The lowest BCUT2D eigenvalue weighted by Gasteiger charge is -2.25. The van der Waals surface area contributed by atoms with Gasteiger partial charge in [-0.25, -0.2) is 0 Å². The molecule has 5 heteroatoms. The Labute approximate surface area is 178 Å². The van der Waals surface area contributed by atoms with Crippen LogP contribution in [0, 0.1) is 0 Å². The number of hydrogen-bond acceptors (Lipinski definition) is 3. The van der Waals surface area contributed by atoms with Crippen molar-refractivity contribution >= 4 is 22.5 Å². The fourth-order valence-electron chi connectivity index (χ4n) is 4.22. The van der Waals surface area contributed by atoms with Gasteiger partial charge in [-0.05, 0) is 56.0 Å². The summed E-state index contributed by atoms with van der Waals surface area (Å²) in [5.41, 5.74) is 5.47. The number of aromatic amines is 1. The molecular formula is C25H31N3O2. The molecule has 0 atom stereocenters. The van der Waals surface area contributed by atoms with Gasteiger partial charge in [0.1, 0.15) is 0 Å². The lowest BCUT2D eigenvalue weighted by molar-refractivity contribution is -0.130. The van der Waals surface area contributed by atoms with Gasteiger partial charge >= 0.3 is 0 Å². The predicted molar refractivity (Wildman–Crippen MR) is 123 cm³/mol. The molecule has 0 unspecified atom stereocenters. The summed E-state index contributed by atoms with van der Waals surface area (Å²) in [7, 11) is 0. The molecule has 158 valence electrons. The highest BCUT2D eigenvalue weighted by Gasteiger charge is 2.18. The highest BCUT2D eigenvalue weighted by Crippen LogP contribution is 2.31. The van der Waals surface area contributed by atoms with E-state index >= 15 is 0 Å². The maximum atomic E-state index is 12.7. The highest BCUT2D eigenvalue weighted by molar-refractivity contribution is 5.96. The lowest BCUT2D eigenvalue weighted by Crippen LogP contribution is -2.31. The Bertz CT molecular complexity index is 986. The van der Waals surface area contributed by atoms with Crippen LogP contribution in [0.4, 0.5) is 5.69 Å². The number of benzene rings is 2. The number of nitrogens with zero attached hydrogens (tertiary/aromatic N) is 1. The SMILES string of the molecule is CCN(CC)C(=O)Cc1cc(NC2CCOCC2)c2[nH]c(-c3ccccc3)cc2c1. The highest BCUT2D eigenvalue weighted by atomic mass is 16.5. The van der Waals surface area contributed by atoms with E-state index in [0.717, 1.165) is 72.6 Å². The Kier molecular flexibility index (Phi) is 6.38. The fourth-order valence-corrected chi connectivity index (χ4v) is 4.22. The average molecular weight is 406 g/mol. The van der Waals surface area contributed by atoms with Gasteiger partial charge in [-0.15, -0.1) is 0 Å². The lowest BCUT2D eigenvalue weighted by atomic mass is 10.0. The van der Waals surface area contributed by atoms with Gasteiger partial charge in [0, 0.05) is 43.4 Å². The Balaban J connectivity index is 1.70. The van der Waals surface area contributed by atoms with Crippen molar-refractivity contribution in [2.45, 2.75) is 39.2 Å². The quantitative estimate of drug-likeness (QED) is 0.592. The number of carbonyl (C=O) groups excluding carboxylic acids is 1. The van der Waals surface area contributed by atoms with E-state index < -0.39 is 0 Å². The molecule has 5 nitrogen and oxygen atoms in total. The van der Waals surface area contributed by atoms with Crippen molar-refractivity contribution in [1.82, 2.24) is 9.88 Å². The topological polar surface area (TPSA) is 57.4 Å². The third kappa shape index (κ3) is 4.51. The van der Waals surface area contributed by atoms with E-state index in [0.29, 0.717) is 12.5 Å². The van der Waals surface area contributed by atoms with Gasteiger partial charge in [0.15, 0.2) is 0 Å². The number of anilines is 1. The van der Waals surface area contributed by atoms with Crippen LogP contribution in [0.3, 0.4) is 0 Å². The molecule has 1 aliphatic heterocycles. The number of H-pyrrole nitrogens is 1. The van der Waals surface area contributed by atoms with Crippen LogP contribution in [-0.2, 0) is 16.0 Å². The first-order valence-electron chi connectivity index (χ1n) is 11.0. The first-order chi connectivity index (χ1) is 14.7. The maximum absolute atomic E-state index is 12.7. The first-order valence-corrected chi connectivity index (χ1v) is 11.0. The van der Waals surface area contributed by atoms with Crippen LogP contribution >= 0.6 is 0 Å². The third-order valence-electron chi connectivity index (χ3n) is 5.93. The van der Waals surface area contributed by atoms with Crippen LogP contribution in [0.1, 0.15) is 32.3 Å². The number of ether oxygens (including phenoxy) is 1. The van der Waals surface area contributed by atoms with Crippen molar-refractivity contribution in [2.24, 2.45) is 0 Å². The minimum Gasteiger partial charge on any atom is -0.381 e. The zero-order valence-electron chi connectivity index (χ0n) is 17.9. The molecule has 1 amide bonds. The molecule has 30 heavy (non-hydrogen) atoms. The van der Waals surface area contributed by atoms with E-state index in [-0.39, 0.29) is 5.91 Å². The predicted octanol–water partition coefficient (Wildman–Crippen LogP) is 4.84. The molecule has 2 heterocycles. The summed E-state index contributed by atoms with van der Waals surface area (Å²) < 4.78 is 5.52. The van der Waals surface area contributed by atoms with Crippen molar-refractivity contribution in [3.05, 3.63) is 54.1 Å². The van der Waals surface area contributed by atoms with Gasteiger partial charge < -0.3 is 19.9 Å². The van der Waals surface area contributed by atoms with Gasteiger partial charge in [0.2, 0.25) is 5.91 Å². The zero-order chi connectivity index (χ0) is 20.9. The average Bonchev–Trinajstić information content (AvgIpc) is 3.20. The van der Waals surface area contributed by atoms with Crippen molar-refractivity contribution in [1.29, 1.82) is 0 Å². The monoisotopic (exact) mass is 405 g/mol. The number of likely N-dealkylation sites (N-methyl/N-ethyl adjacent to an activating group) is 1. The summed E-state index contributed by atoms with van der Waals surface area (Å²) in [5.74, 6) is 0.176. The van der Waals surface area contributed by atoms with E-state index in [4.69, 9.17) is 4.74 Å². The second kappa shape index (κ2) is 9.35.